The highest BCUT2D eigenvalue weighted by Gasteiger charge is 2.26. The van der Waals surface area contributed by atoms with E-state index in [4.69, 9.17) is 23.6 Å². The SMILES string of the molecule is CC(C)(CCC(F)CC[N+](C)(C)C)N(Cl)Cl.[Cl-]. The largest absolute Gasteiger partial charge is 1.00 e. The zero-order valence-electron chi connectivity index (χ0n) is 11.3. The van der Waals surface area contributed by atoms with E-state index in [0.717, 1.165) is 15.0 Å². The second-order valence-corrected chi connectivity index (χ2v) is 6.83. The van der Waals surface area contributed by atoms with Crippen LogP contribution in [0.1, 0.15) is 33.1 Å². The van der Waals surface area contributed by atoms with Gasteiger partial charge in [-0.15, -0.1) is 3.94 Å². The van der Waals surface area contributed by atoms with Crippen molar-refractivity contribution < 1.29 is 21.3 Å². The molecule has 0 rings (SSSR count). The Balaban J connectivity index is 0. The highest BCUT2D eigenvalue weighted by molar-refractivity contribution is 6.34. The molecular formula is C11H24Cl3FN2. The molecule has 2 nitrogen and oxygen atoms in total. The molecule has 0 spiro atoms. The fourth-order valence-corrected chi connectivity index (χ4v) is 1.44. The number of hydrogen-bond donors (Lipinski definition) is 0. The highest BCUT2D eigenvalue weighted by Crippen LogP contribution is 2.26. The number of hydrogen-bond acceptors (Lipinski definition) is 1. The van der Waals surface area contributed by atoms with Crippen molar-refractivity contribution >= 4 is 23.6 Å². The Morgan fingerprint density at radius 1 is 1.18 bits per heavy atom. The van der Waals surface area contributed by atoms with Crippen LogP contribution in [0.5, 0.6) is 0 Å². The lowest BCUT2D eigenvalue weighted by Gasteiger charge is -2.29. The molecule has 0 radical (unpaired) electrons. The van der Waals surface area contributed by atoms with Crippen molar-refractivity contribution in [3.8, 4) is 0 Å². The van der Waals surface area contributed by atoms with Gasteiger partial charge in [-0.05, 0) is 50.2 Å². The van der Waals surface area contributed by atoms with Crippen LogP contribution in [0.4, 0.5) is 4.39 Å². The van der Waals surface area contributed by atoms with Gasteiger partial charge in [0.2, 0.25) is 0 Å². The first-order chi connectivity index (χ1) is 7.04. The van der Waals surface area contributed by atoms with Gasteiger partial charge in [0.25, 0.3) is 0 Å². The normalized spacial score (nSPS) is 14.6. The van der Waals surface area contributed by atoms with Crippen LogP contribution >= 0.6 is 23.6 Å². The fourth-order valence-electron chi connectivity index (χ4n) is 1.27. The Morgan fingerprint density at radius 3 is 2.00 bits per heavy atom. The lowest BCUT2D eigenvalue weighted by Crippen LogP contribution is -3.00. The van der Waals surface area contributed by atoms with Gasteiger partial charge in [-0.3, -0.25) is 0 Å². The molecule has 0 aliphatic rings. The van der Waals surface area contributed by atoms with E-state index in [1.807, 2.05) is 13.8 Å². The lowest BCUT2D eigenvalue weighted by atomic mass is 9.97. The number of nitrogens with zero attached hydrogens (tertiary/aromatic N) is 2. The molecule has 0 heterocycles. The van der Waals surface area contributed by atoms with Gasteiger partial charge in [-0.1, -0.05) is 0 Å². The third-order valence-electron chi connectivity index (χ3n) is 2.64. The summed E-state index contributed by atoms with van der Waals surface area (Å²) in [7, 11) is 6.20. The maximum absolute atomic E-state index is 13.6. The molecule has 1 unspecified atom stereocenters. The van der Waals surface area contributed by atoms with Crippen molar-refractivity contribution in [1.82, 2.24) is 3.94 Å². The van der Waals surface area contributed by atoms with Crippen molar-refractivity contribution in [2.24, 2.45) is 0 Å². The monoisotopic (exact) mass is 308 g/mol. The van der Waals surface area contributed by atoms with Crippen molar-refractivity contribution in [2.45, 2.75) is 44.8 Å². The van der Waals surface area contributed by atoms with Crippen molar-refractivity contribution in [2.75, 3.05) is 27.7 Å². The van der Waals surface area contributed by atoms with Crippen LogP contribution < -0.4 is 12.4 Å². The van der Waals surface area contributed by atoms with Gasteiger partial charge in [0.1, 0.15) is 6.17 Å². The Labute approximate surface area is 121 Å². The van der Waals surface area contributed by atoms with E-state index in [0.29, 0.717) is 19.3 Å². The van der Waals surface area contributed by atoms with Crippen LogP contribution in [0.2, 0.25) is 0 Å². The van der Waals surface area contributed by atoms with Gasteiger partial charge in [-0.25, -0.2) is 4.39 Å². The Morgan fingerprint density at radius 2 is 1.65 bits per heavy atom. The molecule has 0 amide bonds. The smallest absolute Gasteiger partial charge is 0.106 e. The van der Waals surface area contributed by atoms with Crippen LogP contribution in [-0.2, 0) is 0 Å². The van der Waals surface area contributed by atoms with Crippen LogP contribution in [0.3, 0.4) is 0 Å². The summed E-state index contributed by atoms with van der Waals surface area (Å²) in [6, 6.07) is 0. The number of alkyl halides is 1. The molecule has 106 valence electrons. The number of quaternary nitrogens is 1. The average Bonchev–Trinajstić information content (AvgIpc) is 2.10. The van der Waals surface area contributed by atoms with E-state index in [9.17, 15) is 4.39 Å². The second kappa shape index (κ2) is 8.00. The predicted molar refractivity (Wildman–Crippen MR) is 69.3 cm³/mol. The molecule has 0 bridgehead atoms. The Bertz CT molecular complexity index is 205. The van der Waals surface area contributed by atoms with Crippen molar-refractivity contribution in [3.63, 3.8) is 0 Å². The van der Waals surface area contributed by atoms with Crippen molar-refractivity contribution in [1.29, 1.82) is 0 Å². The van der Waals surface area contributed by atoms with Crippen LogP contribution in [0.15, 0.2) is 0 Å². The zero-order valence-corrected chi connectivity index (χ0v) is 13.6. The average molecular weight is 310 g/mol. The van der Waals surface area contributed by atoms with Gasteiger partial charge in [0.05, 0.1) is 27.7 Å². The number of halogens is 4. The summed E-state index contributed by atoms with van der Waals surface area (Å²) in [4.78, 5) is 0. The quantitative estimate of drug-likeness (QED) is 0.492. The highest BCUT2D eigenvalue weighted by atomic mass is 35.5. The van der Waals surface area contributed by atoms with Crippen LogP contribution in [-0.4, -0.2) is 47.8 Å². The summed E-state index contributed by atoms with van der Waals surface area (Å²) in [6.07, 6.45) is 0.968. The predicted octanol–water partition coefficient (Wildman–Crippen LogP) is 0.593. The van der Waals surface area contributed by atoms with Gasteiger partial charge >= 0.3 is 0 Å². The summed E-state index contributed by atoms with van der Waals surface area (Å²) < 4.78 is 15.5. The topological polar surface area (TPSA) is 3.24 Å². The molecule has 0 aliphatic carbocycles. The maximum Gasteiger partial charge on any atom is 0.106 e. The molecule has 0 aliphatic heterocycles. The molecule has 0 aromatic heterocycles. The summed E-state index contributed by atoms with van der Waals surface area (Å²) >= 11 is 11.4. The molecule has 0 saturated carbocycles. The Hall–Kier alpha value is 0.720. The molecule has 0 N–H and O–H groups in total. The van der Waals surface area contributed by atoms with Gasteiger partial charge in [-0.2, -0.15) is 0 Å². The van der Waals surface area contributed by atoms with E-state index in [1.54, 1.807) is 0 Å². The molecular weight excluding hydrogens is 285 g/mol. The molecule has 6 heteroatoms. The standard InChI is InChI=1S/C11H24Cl2FN2.ClH/c1-11(2,15(12)13)8-6-10(14)7-9-16(3,4)5;/h10H,6-9H2,1-5H3;1H/q+1;/p-1. The van der Waals surface area contributed by atoms with E-state index >= 15 is 0 Å². The summed E-state index contributed by atoms with van der Waals surface area (Å²) in [5.41, 5.74) is -0.371. The first kappa shape index (κ1) is 20.0. The second-order valence-electron chi connectivity index (χ2n) is 5.98. The summed E-state index contributed by atoms with van der Waals surface area (Å²) in [6.45, 7) is 4.64. The van der Waals surface area contributed by atoms with Crippen molar-refractivity contribution in [3.05, 3.63) is 0 Å². The third-order valence-corrected chi connectivity index (χ3v) is 3.56. The summed E-state index contributed by atoms with van der Waals surface area (Å²) in [5, 5.41) is 0. The van der Waals surface area contributed by atoms with Gasteiger partial charge in [0.15, 0.2) is 0 Å². The molecule has 17 heavy (non-hydrogen) atoms. The van der Waals surface area contributed by atoms with Crippen LogP contribution in [0.25, 0.3) is 0 Å². The first-order valence-corrected chi connectivity index (χ1v) is 6.28. The van der Waals surface area contributed by atoms with E-state index in [-0.39, 0.29) is 17.9 Å². The maximum atomic E-state index is 13.6. The fraction of sp³-hybridized carbons (Fsp3) is 1.00. The van der Waals surface area contributed by atoms with E-state index in [2.05, 4.69) is 21.1 Å². The molecule has 0 aromatic rings. The first-order valence-electron chi connectivity index (χ1n) is 5.61. The van der Waals surface area contributed by atoms with Gasteiger partial charge in [0, 0.05) is 12.0 Å². The molecule has 0 saturated heterocycles. The molecule has 0 fully saturated rings. The van der Waals surface area contributed by atoms with Crippen LogP contribution in [0, 0.1) is 0 Å². The summed E-state index contributed by atoms with van der Waals surface area (Å²) in [5.74, 6) is 0. The third kappa shape index (κ3) is 10.3. The minimum atomic E-state index is -0.773. The zero-order chi connectivity index (χ0) is 13.0. The molecule has 1 atom stereocenters. The van der Waals surface area contributed by atoms with Gasteiger partial charge < -0.3 is 16.9 Å². The Kier molecular flexibility index (Phi) is 9.44. The minimum Gasteiger partial charge on any atom is -1.00 e. The lowest BCUT2D eigenvalue weighted by molar-refractivity contribution is -0.870. The minimum absolute atomic E-state index is 0. The number of rotatable bonds is 7. The van der Waals surface area contributed by atoms with E-state index in [1.165, 1.54) is 0 Å². The molecule has 0 aromatic carbocycles. The van der Waals surface area contributed by atoms with E-state index < -0.39 is 6.17 Å².